The van der Waals surface area contributed by atoms with Gasteiger partial charge in [0.1, 0.15) is 0 Å². The van der Waals surface area contributed by atoms with Crippen molar-refractivity contribution in [1.82, 2.24) is 0 Å². The quantitative estimate of drug-likeness (QED) is 0.165. The van der Waals surface area contributed by atoms with Crippen LogP contribution in [0.2, 0.25) is 5.02 Å². The topological polar surface area (TPSA) is 107 Å². The summed E-state index contributed by atoms with van der Waals surface area (Å²) in [7, 11) is -0.876. The molecule has 0 bridgehead atoms. The van der Waals surface area contributed by atoms with Crippen LogP contribution in [0.25, 0.3) is 0 Å². The van der Waals surface area contributed by atoms with Gasteiger partial charge in [-0.25, -0.2) is 16.8 Å². The van der Waals surface area contributed by atoms with E-state index in [1.54, 1.807) is 42.5 Å². The van der Waals surface area contributed by atoms with Gasteiger partial charge >= 0.3 is 5.97 Å². The van der Waals surface area contributed by atoms with Crippen LogP contribution in [0.1, 0.15) is 71.1 Å². The van der Waals surface area contributed by atoms with Gasteiger partial charge in [0.05, 0.1) is 34.6 Å². The van der Waals surface area contributed by atoms with E-state index in [1.807, 2.05) is 12.1 Å². The lowest BCUT2D eigenvalue weighted by molar-refractivity contribution is -0.140. The summed E-state index contributed by atoms with van der Waals surface area (Å²) >= 11 is 6.03. The van der Waals surface area contributed by atoms with E-state index >= 15 is 0 Å². The number of nitrogens with one attached hydrogen (secondary N) is 1. The molecule has 0 atom stereocenters. The van der Waals surface area contributed by atoms with Gasteiger partial charge in [-0.05, 0) is 64.4 Å². The summed E-state index contributed by atoms with van der Waals surface area (Å²) in [6.07, 6.45) is 0.449. The van der Waals surface area contributed by atoms with Gasteiger partial charge in [0.15, 0.2) is 0 Å². The fourth-order valence-electron chi connectivity index (χ4n) is 3.59. The molecule has 0 radical (unpaired) electrons. The molecule has 0 heterocycles. The number of benzene rings is 3. The Morgan fingerprint density at radius 3 is 1.74 bits per heavy atom. The van der Waals surface area contributed by atoms with Gasteiger partial charge in [0.2, 0.25) is 0 Å². The van der Waals surface area contributed by atoms with Gasteiger partial charge < -0.3 is 4.74 Å². The number of methoxy groups -OCH3 is 1. The minimum atomic E-state index is -3.79. The van der Waals surface area contributed by atoms with Crippen molar-refractivity contribution in [2.75, 3.05) is 11.8 Å². The van der Waals surface area contributed by atoms with Crippen molar-refractivity contribution in [1.29, 1.82) is 0 Å². The summed E-state index contributed by atoms with van der Waals surface area (Å²) in [6.45, 7) is 12.4. The smallest absolute Gasteiger partial charge is 0.306 e. The highest BCUT2D eigenvalue weighted by Gasteiger charge is 2.19. The predicted octanol–water partition coefficient (Wildman–Crippen LogP) is 7.65. The van der Waals surface area contributed by atoms with Crippen LogP contribution in [-0.4, -0.2) is 29.9 Å². The molecular weight excluding hydrogens is 629 g/mol. The lowest BCUT2D eigenvalue weighted by Gasteiger charge is -2.19. The highest BCUT2D eigenvalue weighted by Crippen LogP contribution is 2.27. The normalized spacial score (nSPS) is 11.8. The first-order chi connectivity index (χ1) is 19.7. The number of hydrogen-bond donors (Lipinski definition) is 1. The maximum absolute atomic E-state index is 12.8. The molecular formula is C32H37Cl2NO6S2. The van der Waals surface area contributed by atoms with E-state index in [4.69, 9.17) is 22.3 Å². The zero-order valence-electron chi connectivity index (χ0n) is 25.3. The van der Waals surface area contributed by atoms with Gasteiger partial charge in [-0.15, -0.1) is 0 Å². The molecule has 3 rings (SSSR count). The number of ether oxygens (including phenoxy) is 1. The molecule has 0 aromatic heterocycles. The van der Waals surface area contributed by atoms with Crippen LogP contribution in [0.5, 0.6) is 0 Å². The van der Waals surface area contributed by atoms with Crippen molar-refractivity contribution in [3.8, 4) is 11.8 Å². The van der Waals surface area contributed by atoms with Crippen LogP contribution >= 0.6 is 22.3 Å². The number of anilines is 1. The van der Waals surface area contributed by atoms with Gasteiger partial charge in [0, 0.05) is 22.1 Å². The predicted molar refractivity (Wildman–Crippen MR) is 174 cm³/mol. The molecule has 0 saturated heterocycles. The van der Waals surface area contributed by atoms with Crippen molar-refractivity contribution in [2.24, 2.45) is 0 Å². The fraction of sp³-hybridized carbons (Fsp3) is 0.344. The fourth-order valence-corrected chi connectivity index (χ4v) is 5.61. The molecule has 0 spiro atoms. The minimum absolute atomic E-state index is 0.0224. The van der Waals surface area contributed by atoms with E-state index < -0.39 is 19.1 Å². The van der Waals surface area contributed by atoms with Crippen molar-refractivity contribution < 1.29 is 26.4 Å². The zero-order chi connectivity index (χ0) is 32.6. The highest BCUT2D eigenvalue weighted by atomic mass is 35.7. The van der Waals surface area contributed by atoms with Crippen LogP contribution in [-0.2, 0) is 39.4 Å². The Balaban J connectivity index is 0.000000385. The molecule has 11 heteroatoms. The number of hydrogen-bond acceptors (Lipinski definition) is 6. The van der Waals surface area contributed by atoms with Gasteiger partial charge in [0.25, 0.3) is 19.1 Å². The van der Waals surface area contributed by atoms with E-state index in [2.05, 4.69) is 62.8 Å². The average Bonchev–Trinajstić information content (AvgIpc) is 2.91. The Morgan fingerprint density at radius 1 is 0.814 bits per heavy atom. The third-order valence-corrected chi connectivity index (χ3v) is 9.15. The van der Waals surface area contributed by atoms with Crippen molar-refractivity contribution in [3.63, 3.8) is 0 Å². The largest absolute Gasteiger partial charge is 0.469 e. The monoisotopic (exact) mass is 665 g/mol. The molecule has 0 amide bonds. The molecule has 3 aromatic carbocycles. The third kappa shape index (κ3) is 11.5. The Hall–Kier alpha value is -3.03. The maximum atomic E-state index is 12.8. The van der Waals surface area contributed by atoms with Crippen molar-refractivity contribution in [3.05, 3.63) is 88.4 Å². The molecule has 43 heavy (non-hydrogen) atoms. The van der Waals surface area contributed by atoms with E-state index in [9.17, 15) is 21.6 Å². The second-order valence-corrected chi connectivity index (χ2v) is 16.3. The summed E-state index contributed by atoms with van der Waals surface area (Å²) in [5.74, 6) is 5.35. The van der Waals surface area contributed by atoms with E-state index in [1.165, 1.54) is 19.2 Å². The standard InChI is InChI=1S/C22H24ClNO4S.C10H13ClO2S/c1-22(2,3)17-9-12-19(13-10-17)29(26,27)24-20-14-11-18(23)15-16(20)7-5-6-8-21(25)28-4;1-10(2,3)8-4-6-9(7-5-8)14(11,12)13/h9-15,24H,6,8H2,1-4H3;4-7H,1-3H3. The summed E-state index contributed by atoms with van der Waals surface area (Å²) in [5.41, 5.74) is 2.83. The van der Waals surface area contributed by atoms with Crippen LogP contribution in [0.15, 0.2) is 76.5 Å². The van der Waals surface area contributed by atoms with Crippen molar-refractivity contribution >= 4 is 53.0 Å². The lowest BCUT2D eigenvalue weighted by Crippen LogP contribution is -2.15. The number of carbonyl (C=O) groups excluding carboxylic acids is 1. The van der Waals surface area contributed by atoms with Gasteiger partial charge in [-0.2, -0.15) is 0 Å². The molecule has 1 N–H and O–H groups in total. The second-order valence-electron chi connectivity index (χ2n) is 11.7. The van der Waals surface area contributed by atoms with Crippen molar-refractivity contribution in [2.45, 2.75) is 75.0 Å². The average molecular weight is 667 g/mol. The molecule has 0 saturated carbocycles. The Kier molecular flexibility index (Phi) is 12.3. The number of halogens is 2. The number of rotatable bonds is 6. The van der Waals surface area contributed by atoms with E-state index in [0.717, 1.165) is 11.1 Å². The lowest BCUT2D eigenvalue weighted by atomic mass is 9.87. The van der Waals surface area contributed by atoms with Crippen LogP contribution < -0.4 is 4.72 Å². The molecule has 0 aliphatic carbocycles. The molecule has 0 fully saturated rings. The summed E-state index contributed by atoms with van der Waals surface area (Å²) in [4.78, 5) is 11.5. The molecule has 0 aliphatic rings. The van der Waals surface area contributed by atoms with E-state index in [-0.39, 0.29) is 33.0 Å². The van der Waals surface area contributed by atoms with Crippen LogP contribution in [0.4, 0.5) is 5.69 Å². The molecule has 0 unspecified atom stereocenters. The molecule has 232 valence electrons. The Labute approximate surface area is 265 Å². The second kappa shape index (κ2) is 14.6. The molecule has 3 aromatic rings. The van der Waals surface area contributed by atoms with E-state index in [0.29, 0.717) is 22.7 Å². The molecule has 7 nitrogen and oxygen atoms in total. The zero-order valence-corrected chi connectivity index (χ0v) is 28.4. The Bertz CT molecular complexity index is 1690. The summed E-state index contributed by atoms with van der Waals surface area (Å²) in [6, 6.07) is 18.1. The first-order valence-corrected chi connectivity index (χ1v) is 17.4. The van der Waals surface area contributed by atoms with Gasteiger partial charge in [-0.1, -0.05) is 89.2 Å². The molecule has 0 aliphatic heterocycles. The highest BCUT2D eigenvalue weighted by molar-refractivity contribution is 8.13. The maximum Gasteiger partial charge on any atom is 0.306 e. The first-order valence-electron chi connectivity index (χ1n) is 13.3. The van der Waals surface area contributed by atoms with Gasteiger partial charge in [-0.3, -0.25) is 9.52 Å². The van der Waals surface area contributed by atoms with Crippen LogP contribution in [0, 0.1) is 11.8 Å². The summed E-state index contributed by atoms with van der Waals surface area (Å²) < 4.78 is 54.7. The Morgan fingerprint density at radius 2 is 1.30 bits per heavy atom. The van der Waals surface area contributed by atoms with Crippen LogP contribution in [0.3, 0.4) is 0 Å². The number of esters is 1. The number of carbonyl (C=O) groups is 1. The number of sulfonamides is 1. The third-order valence-electron chi connectivity index (χ3n) is 6.16. The minimum Gasteiger partial charge on any atom is -0.469 e. The summed E-state index contributed by atoms with van der Waals surface area (Å²) in [5, 5.41) is 0.430. The SMILES string of the molecule is CC(C)(C)c1ccc(S(=O)(=O)Cl)cc1.COC(=O)CCC#Cc1cc(Cl)ccc1NS(=O)(=O)c1ccc(C(C)(C)C)cc1. The first kappa shape index (κ1) is 36.2.